The molecule has 0 amide bonds. The Morgan fingerprint density at radius 2 is 2.25 bits per heavy atom. The molecule has 1 aromatic rings. The van der Waals surface area contributed by atoms with E-state index in [1.807, 2.05) is 6.20 Å². The quantitative estimate of drug-likeness (QED) is 0.732. The van der Waals surface area contributed by atoms with Gasteiger partial charge in [0, 0.05) is 24.7 Å². The average molecular weight is 239 g/mol. The molecule has 1 aliphatic rings. The van der Waals surface area contributed by atoms with E-state index in [1.165, 1.54) is 24.8 Å². The van der Waals surface area contributed by atoms with E-state index < -0.39 is 0 Å². The largest absolute Gasteiger partial charge is 0.354 e. The van der Waals surface area contributed by atoms with Crippen molar-refractivity contribution in [3.8, 4) is 0 Å². The Morgan fingerprint density at radius 3 is 2.75 bits per heavy atom. The minimum Gasteiger partial charge on any atom is -0.354 e. The molecule has 0 aliphatic heterocycles. The molecule has 0 N–H and O–H groups in total. The molecular formula is C13H19ClN2. The van der Waals surface area contributed by atoms with Gasteiger partial charge in [-0.1, -0.05) is 6.07 Å². The van der Waals surface area contributed by atoms with Gasteiger partial charge in [-0.15, -0.1) is 11.6 Å². The second kappa shape index (κ2) is 5.53. The molecule has 0 aromatic carbocycles. The maximum absolute atomic E-state index is 5.78. The van der Waals surface area contributed by atoms with E-state index in [4.69, 9.17) is 11.6 Å². The van der Waals surface area contributed by atoms with Crippen LogP contribution in [0, 0.1) is 6.92 Å². The molecule has 88 valence electrons. The Hall–Kier alpha value is -0.760. The molecule has 16 heavy (non-hydrogen) atoms. The summed E-state index contributed by atoms with van der Waals surface area (Å²) in [6, 6.07) is 4.95. The number of anilines is 1. The van der Waals surface area contributed by atoms with Gasteiger partial charge in [0.05, 0.1) is 0 Å². The first-order chi connectivity index (χ1) is 7.81. The minimum absolute atomic E-state index is 0.693. The third-order valence-corrected chi connectivity index (χ3v) is 3.51. The average Bonchev–Trinajstić information content (AvgIpc) is 2.23. The topological polar surface area (TPSA) is 16.1 Å². The molecule has 0 spiro atoms. The van der Waals surface area contributed by atoms with E-state index in [-0.39, 0.29) is 0 Å². The van der Waals surface area contributed by atoms with Gasteiger partial charge in [0.15, 0.2) is 0 Å². The number of alkyl halides is 1. The normalized spacial score (nSPS) is 15.9. The zero-order valence-corrected chi connectivity index (χ0v) is 10.6. The van der Waals surface area contributed by atoms with Gasteiger partial charge >= 0.3 is 0 Å². The van der Waals surface area contributed by atoms with Crippen molar-refractivity contribution in [1.29, 1.82) is 0 Å². The lowest BCUT2D eigenvalue weighted by molar-refractivity contribution is 0.384. The van der Waals surface area contributed by atoms with E-state index in [1.54, 1.807) is 0 Å². The summed E-state index contributed by atoms with van der Waals surface area (Å²) in [6.45, 7) is 3.10. The number of aromatic nitrogens is 1. The smallest absolute Gasteiger partial charge is 0.128 e. The molecule has 1 aromatic heterocycles. The lowest BCUT2D eigenvalue weighted by Crippen LogP contribution is -2.41. The van der Waals surface area contributed by atoms with Gasteiger partial charge in [0.1, 0.15) is 5.82 Å². The van der Waals surface area contributed by atoms with Crippen LogP contribution in [-0.4, -0.2) is 23.5 Å². The predicted octanol–water partition coefficient (Wildman–Crippen LogP) is 3.38. The summed E-state index contributed by atoms with van der Waals surface area (Å²) in [5, 5.41) is 0. The van der Waals surface area contributed by atoms with Crippen LogP contribution in [0.3, 0.4) is 0 Å². The third-order valence-electron chi connectivity index (χ3n) is 3.24. The van der Waals surface area contributed by atoms with Crippen LogP contribution < -0.4 is 4.90 Å². The number of aryl methyl sites for hydroxylation is 1. The van der Waals surface area contributed by atoms with Crippen molar-refractivity contribution in [2.75, 3.05) is 17.3 Å². The van der Waals surface area contributed by atoms with Crippen LogP contribution in [0.4, 0.5) is 5.82 Å². The van der Waals surface area contributed by atoms with Crippen molar-refractivity contribution in [2.24, 2.45) is 0 Å². The highest BCUT2D eigenvalue weighted by Gasteiger charge is 2.25. The molecule has 3 heteroatoms. The molecule has 1 fully saturated rings. The number of hydrogen-bond donors (Lipinski definition) is 0. The molecule has 1 saturated carbocycles. The van der Waals surface area contributed by atoms with Gasteiger partial charge in [-0.2, -0.15) is 0 Å². The minimum atomic E-state index is 0.693. The van der Waals surface area contributed by atoms with Crippen molar-refractivity contribution in [2.45, 2.75) is 38.6 Å². The molecule has 1 aliphatic carbocycles. The van der Waals surface area contributed by atoms with Crippen molar-refractivity contribution in [3.05, 3.63) is 23.9 Å². The molecule has 0 atom stereocenters. The number of hydrogen-bond acceptors (Lipinski definition) is 2. The second-order valence-electron chi connectivity index (χ2n) is 4.51. The first-order valence-electron chi connectivity index (χ1n) is 6.06. The van der Waals surface area contributed by atoms with Gasteiger partial charge < -0.3 is 4.90 Å². The van der Waals surface area contributed by atoms with E-state index in [0.717, 1.165) is 24.7 Å². The Labute approximate surface area is 103 Å². The van der Waals surface area contributed by atoms with E-state index >= 15 is 0 Å². The standard InChI is InChI=1S/C13H19ClN2/c1-11-6-7-13(15-10-11)16(9-3-8-14)12-4-2-5-12/h6-7,10,12H,2-5,8-9H2,1H3. The van der Waals surface area contributed by atoms with Crippen LogP contribution in [0.5, 0.6) is 0 Å². The number of nitrogens with zero attached hydrogens (tertiary/aromatic N) is 2. The van der Waals surface area contributed by atoms with Gasteiger partial charge in [-0.25, -0.2) is 4.98 Å². The Balaban J connectivity index is 2.07. The number of rotatable bonds is 5. The predicted molar refractivity (Wildman–Crippen MR) is 69.3 cm³/mol. The highest BCUT2D eigenvalue weighted by molar-refractivity contribution is 6.17. The summed E-state index contributed by atoms with van der Waals surface area (Å²) >= 11 is 5.78. The molecule has 1 heterocycles. The summed E-state index contributed by atoms with van der Waals surface area (Å²) in [5.74, 6) is 1.84. The summed E-state index contributed by atoms with van der Waals surface area (Å²) in [5.41, 5.74) is 1.22. The van der Waals surface area contributed by atoms with E-state index in [2.05, 4.69) is 28.9 Å². The van der Waals surface area contributed by atoms with Crippen LogP contribution >= 0.6 is 11.6 Å². The third kappa shape index (κ3) is 2.67. The van der Waals surface area contributed by atoms with Crippen LogP contribution in [0.2, 0.25) is 0 Å². The van der Waals surface area contributed by atoms with E-state index in [9.17, 15) is 0 Å². The summed E-state index contributed by atoms with van der Waals surface area (Å²) in [6.07, 6.45) is 6.94. The SMILES string of the molecule is Cc1ccc(N(CCCCl)C2CCC2)nc1. The Morgan fingerprint density at radius 1 is 1.44 bits per heavy atom. The maximum atomic E-state index is 5.78. The van der Waals surface area contributed by atoms with Gasteiger partial charge in [0.25, 0.3) is 0 Å². The van der Waals surface area contributed by atoms with Crippen molar-refractivity contribution >= 4 is 17.4 Å². The van der Waals surface area contributed by atoms with Gasteiger partial charge in [0.2, 0.25) is 0 Å². The zero-order chi connectivity index (χ0) is 11.4. The highest BCUT2D eigenvalue weighted by atomic mass is 35.5. The van der Waals surface area contributed by atoms with Crippen LogP contribution in [0.1, 0.15) is 31.2 Å². The summed E-state index contributed by atoms with van der Waals surface area (Å²) in [7, 11) is 0. The molecule has 0 unspecified atom stereocenters. The molecule has 0 radical (unpaired) electrons. The van der Waals surface area contributed by atoms with Crippen LogP contribution in [0.15, 0.2) is 18.3 Å². The molecule has 2 rings (SSSR count). The highest BCUT2D eigenvalue weighted by Crippen LogP contribution is 2.28. The summed E-state index contributed by atoms with van der Waals surface area (Å²) < 4.78 is 0. The zero-order valence-electron chi connectivity index (χ0n) is 9.82. The monoisotopic (exact) mass is 238 g/mol. The fourth-order valence-electron chi connectivity index (χ4n) is 2.04. The number of pyridine rings is 1. The first kappa shape index (κ1) is 11.7. The second-order valence-corrected chi connectivity index (χ2v) is 4.89. The Kier molecular flexibility index (Phi) is 4.05. The Bertz CT molecular complexity index is 319. The maximum Gasteiger partial charge on any atom is 0.128 e. The van der Waals surface area contributed by atoms with Gasteiger partial charge in [-0.3, -0.25) is 0 Å². The van der Waals surface area contributed by atoms with Crippen LogP contribution in [-0.2, 0) is 0 Å². The van der Waals surface area contributed by atoms with Crippen molar-refractivity contribution < 1.29 is 0 Å². The number of halogens is 1. The van der Waals surface area contributed by atoms with Crippen LogP contribution in [0.25, 0.3) is 0 Å². The van der Waals surface area contributed by atoms with Gasteiger partial charge in [-0.05, 0) is 44.2 Å². The van der Waals surface area contributed by atoms with E-state index in [0.29, 0.717) is 6.04 Å². The lowest BCUT2D eigenvalue weighted by atomic mass is 9.91. The molecular weight excluding hydrogens is 220 g/mol. The fourth-order valence-corrected chi connectivity index (χ4v) is 2.16. The molecule has 0 bridgehead atoms. The fraction of sp³-hybridized carbons (Fsp3) is 0.615. The van der Waals surface area contributed by atoms with Crippen molar-refractivity contribution in [1.82, 2.24) is 4.98 Å². The first-order valence-corrected chi connectivity index (χ1v) is 6.60. The lowest BCUT2D eigenvalue weighted by Gasteiger charge is -2.38. The molecule has 2 nitrogen and oxygen atoms in total. The van der Waals surface area contributed by atoms with Crippen molar-refractivity contribution in [3.63, 3.8) is 0 Å². The molecule has 0 saturated heterocycles. The summed E-state index contributed by atoms with van der Waals surface area (Å²) in [4.78, 5) is 6.94.